The second-order valence-corrected chi connectivity index (χ2v) is 5.37. The number of nitriles is 1. The Morgan fingerprint density at radius 3 is 1.62 bits per heavy atom. The van der Waals surface area contributed by atoms with Crippen LogP contribution in [0, 0.1) is 11.3 Å². The van der Waals surface area contributed by atoms with Crippen LogP contribution in [0.1, 0.15) is 70.6 Å². The van der Waals surface area contributed by atoms with Gasteiger partial charge in [0.05, 0.1) is 6.07 Å². The van der Waals surface area contributed by atoms with Crippen LogP contribution in [-0.4, -0.2) is 11.7 Å². The highest BCUT2D eigenvalue weighted by molar-refractivity contribution is 5.13. The third-order valence-corrected chi connectivity index (χ3v) is 4.09. The smallest absolute Gasteiger partial charge is 0.173 e. The largest absolute Gasteiger partial charge is 0.350 e. The van der Waals surface area contributed by atoms with Gasteiger partial charge < -0.3 is 4.74 Å². The maximum absolute atomic E-state index is 8.94. The van der Waals surface area contributed by atoms with Crippen molar-refractivity contribution in [3.8, 4) is 6.07 Å². The second-order valence-electron chi connectivity index (χ2n) is 5.37. The van der Waals surface area contributed by atoms with E-state index in [2.05, 4.69) is 6.07 Å². The normalized spacial score (nSPS) is 31.1. The van der Waals surface area contributed by atoms with Crippen molar-refractivity contribution >= 4 is 0 Å². The summed E-state index contributed by atoms with van der Waals surface area (Å²) in [6, 6.07) is 2.29. The summed E-state index contributed by atoms with van der Waals surface area (Å²) in [7, 11) is 0. The lowest BCUT2D eigenvalue weighted by Crippen LogP contribution is -2.14. The molecule has 0 aromatic rings. The fraction of sp³-hybridized carbons (Fsp3) is 0.929. The molecule has 0 N–H and O–H groups in total. The molecule has 2 rings (SSSR count). The third kappa shape index (κ3) is 2.98. The molecule has 1 aliphatic carbocycles. The molecule has 0 aromatic carbocycles. The van der Waals surface area contributed by atoms with E-state index in [-0.39, 0.29) is 11.7 Å². The van der Waals surface area contributed by atoms with E-state index in [1.165, 1.54) is 57.8 Å². The maximum Gasteiger partial charge on any atom is 0.173 e. The highest BCUT2D eigenvalue weighted by Gasteiger charge is 2.55. The van der Waals surface area contributed by atoms with Gasteiger partial charge in [-0.2, -0.15) is 5.26 Å². The van der Waals surface area contributed by atoms with E-state index < -0.39 is 0 Å². The van der Waals surface area contributed by atoms with Crippen LogP contribution >= 0.6 is 0 Å². The van der Waals surface area contributed by atoms with Crippen molar-refractivity contribution < 1.29 is 4.74 Å². The van der Waals surface area contributed by atoms with Gasteiger partial charge in [0.25, 0.3) is 0 Å². The molecule has 2 aliphatic rings. The summed E-state index contributed by atoms with van der Waals surface area (Å²) in [5.41, 5.74) is -0.0199. The van der Waals surface area contributed by atoms with Gasteiger partial charge in [0.1, 0.15) is 5.60 Å². The number of hydrogen-bond donors (Lipinski definition) is 0. The predicted molar refractivity (Wildman–Crippen MR) is 64.0 cm³/mol. The Hall–Kier alpha value is -0.550. The summed E-state index contributed by atoms with van der Waals surface area (Å²) < 4.78 is 5.64. The Bertz CT molecular complexity index is 244. The third-order valence-electron chi connectivity index (χ3n) is 4.09. The van der Waals surface area contributed by atoms with Crippen LogP contribution in [0.15, 0.2) is 0 Å². The van der Waals surface area contributed by atoms with E-state index in [0.29, 0.717) is 0 Å². The Morgan fingerprint density at radius 2 is 1.25 bits per heavy atom. The molecule has 0 radical (unpaired) electrons. The van der Waals surface area contributed by atoms with Gasteiger partial charge in [-0.05, 0) is 12.8 Å². The Labute approximate surface area is 99.0 Å². The molecule has 0 amide bonds. The SMILES string of the molecule is N#CC1OC12CCCCCCCCCCC2. The minimum Gasteiger partial charge on any atom is -0.350 e. The minimum absolute atomic E-state index is 0.0199. The van der Waals surface area contributed by atoms with Gasteiger partial charge in [-0.15, -0.1) is 0 Å². The summed E-state index contributed by atoms with van der Waals surface area (Å²) >= 11 is 0. The van der Waals surface area contributed by atoms with Gasteiger partial charge in [-0.3, -0.25) is 0 Å². The number of nitrogens with zero attached hydrogens (tertiary/aromatic N) is 1. The molecule has 1 atom stereocenters. The Kier molecular flexibility index (Phi) is 4.23. The topological polar surface area (TPSA) is 36.3 Å². The molecule has 0 aromatic heterocycles. The molecular formula is C14H23NO. The molecule has 1 aliphatic heterocycles. The molecule has 2 fully saturated rings. The maximum atomic E-state index is 8.94. The Morgan fingerprint density at radius 1 is 0.812 bits per heavy atom. The first kappa shape index (κ1) is 11.9. The first-order valence-electron chi connectivity index (χ1n) is 6.95. The average molecular weight is 221 g/mol. The van der Waals surface area contributed by atoms with Crippen molar-refractivity contribution in [3.05, 3.63) is 0 Å². The zero-order chi connectivity index (χ0) is 11.3. The van der Waals surface area contributed by atoms with E-state index in [1.54, 1.807) is 0 Å². The van der Waals surface area contributed by atoms with Crippen LogP contribution in [-0.2, 0) is 4.74 Å². The van der Waals surface area contributed by atoms with Crippen molar-refractivity contribution in [2.75, 3.05) is 0 Å². The number of epoxide rings is 1. The van der Waals surface area contributed by atoms with Crippen LogP contribution in [0.4, 0.5) is 0 Å². The standard InChI is InChI=1S/C14H23NO/c15-12-13-14(16-13)10-8-6-4-2-1-3-5-7-9-11-14/h13H,1-11H2. The van der Waals surface area contributed by atoms with Gasteiger partial charge >= 0.3 is 0 Å². The zero-order valence-electron chi connectivity index (χ0n) is 10.2. The quantitative estimate of drug-likeness (QED) is 0.581. The molecule has 2 heteroatoms. The number of rotatable bonds is 0. The van der Waals surface area contributed by atoms with Crippen molar-refractivity contribution in [3.63, 3.8) is 0 Å². The summed E-state index contributed by atoms with van der Waals surface area (Å²) in [6.07, 6.45) is 14.2. The van der Waals surface area contributed by atoms with Crippen LogP contribution < -0.4 is 0 Å². The van der Waals surface area contributed by atoms with E-state index in [4.69, 9.17) is 10.00 Å². The molecule has 1 saturated heterocycles. The highest BCUT2D eigenvalue weighted by atomic mass is 16.6. The fourth-order valence-corrected chi connectivity index (χ4v) is 2.94. The van der Waals surface area contributed by atoms with Crippen molar-refractivity contribution in [1.82, 2.24) is 0 Å². The zero-order valence-corrected chi connectivity index (χ0v) is 10.2. The summed E-state index contributed by atoms with van der Waals surface area (Å²) in [4.78, 5) is 0. The Balaban J connectivity index is 1.81. The summed E-state index contributed by atoms with van der Waals surface area (Å²) in [5.74, 6) is 0. The molecule has 90 valence electrons. The molecule has 1 saturated carbocycles. The van der Waals surface area contributed by atoms with E-state index in [1.807, 2.05) is 0 Å². The van der Waals surface area contributed by atoms with Crippen molar-refractivity contribution in [1.29, 1.82) is 5.26 Å². The van der Waals surface area contributed by atoms with Gasteiger partial charge in [0.2, 0.25) is 0 Å². The monoisotopic (exact) mass is 221 g/mol. The van der Waals surface area contributed by atoms with E-state index in [0.717, 1.165) is 12.8 Å². The van der Waals surface area contributed by atoms with E-state index in [9.17, 15) is 0 Å². The summed E-state index contributed by atoms with van der Waals surface area (Å²) in [6.45, 7) is 0. The van der Waals surface area contributed by atoms with Crippen molar-refractivity contribution in [2.24, 2.45) is 0 Å². The van der Waals surface area contributed by atoms with Crippen molar-refractivity contribution in [2.45, 2.75) is 82.3 Å². The van der Waals surface area contributed by atoms with Crippen LogP contribution in [0.2, 0.25) is 0 Å². The highest BCUT2D eigenvalue weighted by Crippen LogP contribution is 2.45. The average Bonchev–Trinajstić information content (AvgIpc) is 2.98. The van der Waals surface area contributed by atoms with Gasteiger partial charge in [0, 0.05) is 0 Å². The van der Waals surface area contributed by atoms with Crippen LogP contribution in [0.25, 0.3) is 0 Å². The lowest BCUT2D eigenvalue weighted by Gasteiger charge is -2.13. The number of ether oxygens (including phenoxy) is 1. The van der Waals surface area contributed by atoms with Crippen LogP contribution in [0.5, 0.6) is 0 Å². The first-order chi connectivity index (χ1) is 7.87. The molecule has 1 unspecified atom stereocenters. The molecule has 16 heavy (non-hydrogen) atoms. The fourth-order valence-electron chi connectivity index (χ4n) is 2.94. The van der Waals surface area contributed by atoms with Gasteiger partial charge in [-0.25, -0.2) is 0 Å². The molecular weight excluding hydrogens is 198 g/mol. The second kappa shape index (κ2) is 5.68. The van der Waals surface area contributed by atoms with Gasteiger partial charge in [0.15, 0.2) is 6.10 Å². The van der Waals surface area contributed by atoms with Crippen LogP contribution in [0.3, 0.4) is 0 Å². The molecule has 1 heterocycles. The lowest BCUT2D eigenvalue weighted by atomic mass is 9.90. The molecule has 0 bridgehead atoms. The predicted octanol–water partition coefficient (Wildman–Crippen LogP) is 3.95. The first-order valence-corrected chi connectivity index (χ1v) is 6.95. The molecule has 1 spiro atoms. The number of hydrogen-bond acceptors (Lipinski definition) is 2. The van der Waals surface area contributed by atoms with Gasteiger partial charge in [-0.1, -0.05) is 57.8 Å². The minimum atomic E-state index is -0.0876. The van der Waals surface area contributed by atoms with E-state index >= 15 is 0 Å². The summed E-state index contributed by atoms with van der Waals surface area (Å²) in [5, 5.41) is 8.94. The lowest BCUT2D eigenvalue weighted by molar-refractivity contribution is 0.256. The molecule has 2 nitrogen and oxygen atoms in total.